The summed E-state index contributed by atoms with van der Waals surface area (Å²) in [6.07, 6.45) is 11.7. The molecule has 2 aliphatic heterocycles. The summed E-state index contributed by atoms with van der Waals surface area (Å²) in [5.41, 5.74) is 0. The fourth-order valence-electron chi connectivity index (χ4n) is 3.11. The van der Waals surface area contributed by atoms with Gasteiger partial charge >= 0.3 is 0 Å². The Kier molecular flexibility index (Phi) is 3.26. The quantitative estimate of drug-likeness (QED) is 0.646. The molecule has 1 nitrogen and oxygen atoms in total. The smallest absolute Gasteiger partial charge is 0.00987 e. The van der Waals surface area contributed by atoms with Gasteiger partial charge in [-0.2, -0.15) is 0 Å². The molecule has 2 aliphatic rings. The van der Waals surface area contributed by atoms with Crippen molar-refractivity contribution in [1.82, 2.24) is 4.90 Å². The Balaban J connectivity index is 1.84. The molecule has 2 atom stereocenters. The van der Waals surface area contributed by atoms with Crippen molar-refractivity contribution in [3.05, 3.63) is 0 Å². The van der Waals surface area contributed by atoms with E-state index in [1.807, 2.05) is 0 Å². The van der Waals surface area contributed by atoms with Crippen LogP contribution >= 0.6 is 0 Å². The minimum Gasteiger partial charge on any atom is -0.297 e. The maximum absolute atomic E-state index is 2.82. The van der Waals surface area contributed by atoms with Crippen molar-refractivity contribution in [1.29, 1.82) is 0 Å². The van der Waals surface area contributed by atoms with E-state index >= 15 is 0 Å². The molecule has 0 aromatic carbocycles. The molecule has 0 aromatic heterocycles. The molecular weight excluding hydrogens is 158 g/mol. The second-order valence-electron chi connectivity index (χ2n) is 4.76. The van der Waals surface area contributed by atoms with Crippen LogP contribution in [0.4, 0.5) is 0 Å². The number of fused-ring (bicyclic) bond motifs is 1. The summed E-state index contributed by atoms with van der Waals surface area (Å²) in [5.74, 6) is 0. The van der Waals surface area contributed by atoms with Gasteiger partial charge in [0.25, 0.3) is 0 Å². The van der Waals surface area contributed by atoms with Crippen LogP contribution in [-0.4, -0.2) is 23.5 Å². The van der Waals surface area contributed by atoms with Gasteiger partial charge < -0.3 is 0 Å². The van der Waals surface area contributed by atoms with Gasteiger partial charge in [0.05, 0.1) is 0 Å². The second-order valence-corrected chi connectivity index (χ2v) is 4.76. The molecule has 0 saturated carbocycles. The molecule has 2 saturated heterocycles. The van der Waals surface area contributed by atoms with E-state index in [1.165, 1.54) is 57.9 Å². The lowest BCUT2D eigenvalue weighted by molar-refractivity contribution is 0.142. The van der Waals surface area contributed by atoms with Crippen LogP contribution in [-0.2, 0) is 0 Å². The average Bonchev–Trinajstić information content (AvgIpc) is 2.58. The monoisotopic (exact) mass is 181 g/mol. The number of piperidine rings is 1. The number of unbranched alkanes of at least 4 members (excludes halogenated alkanes) is 1. The van der Waals surface area contributed by atoms with Crippen LogP contribution in [0, 0.1) is 0 Å². The predicted molar refractivity (Wildman–Crippen MR) is 56.9 cm³/mol. The number of rotatable bonds is 3. The Morgan fingerprint density at radius 2 is 2.08 bits per heavy atom. The van der Waals surface area contributed by atoms with Gasteiger partial charge in [-0.15, -0.1) is 0 Å². The van der Waals surface area contributed by atoms with Crippen LogP contribution in [0.3, 0.4) is 0 Å². The van der Waals surface area contributed by atoms with Gasteiger partial charge in [0.2, 0.25) is 0 Å². The summed E-state index contributed by atoms with van der Waals surface area (Å²) in [7, 11) is 0. The van der Waals surface area contributed by atoms with Gasteiger partial charge in [0, 0.05) is 12.1 Å². The van der Waals surface area contributed by atoms with Crippen molar-refractivity contribution < 1.29 is 0 Å². The zero-order valence-corrected chi connectivity index (χ0v) is 8.97. The van der Waals surface area contributed by atoms with Gasteiger partial charge in [-0.25, -0.2) is 0 Å². The molecule has 2 fully saturated rings. The fraction of sp³-hybridized carbons (Fsp3) is 1.00. The van der Waals surface area contributed by atoms with Crippen molar-refractivity contribution >= 4 is 0 Å². The highest BCUT2D eigenvalue weighted by molar-refractivity contribution is 4.89. The number of hydrogen-bond acceptors (Lipinski definition) is 1. The largest absolute Gasteiger partial charge is 0.297 e. The first-order valence-corrected chi connectivity index (χ1v) is 6.17. The van der Waals surface area contributed by atoms with Gasteiger partial charge in [0.15, 0.2) is 0 Å². The highest BCUT2D eigenvalue weighted by Gasteiger charge is 2.33. The molecule has 0 bridgehead atoms. The van der Waals surface area contributed by atoms with E-state index in [9.17, 15) is 0 Å². The Morgan fingerprint density at radius 3 is 2.92 bits per heavy atom. The molecule has 0 N–H and O–H groups in total. The Morgan fingerprint density at radius 1 is 1.15 bits per heavy atom. The van der Waals surface area contributed by atoms with E-state index in [0.29, 0.717) is 0 Å². The molecular formula is C12H23N. The Hall–Kier alpha value is -0.0400. The van der Waals surface area contributed by atoms with Gasteiger partial charge in [-0.3, -0.25) is 4.90 Å². The maximum Gasteiger partial charge on any atom is 0.00987 e. The number of nitrogens with zero attached hydrogens (tertiary/aromatic N) is 1. The molecule has 0 aliphatic carbocycles. The van der Waals surface area contributed by atoms with Crippen molar-refractivity contribution in [2.24, 2.45) is 0 Å². The van der Waals surface area contributed by atoms with Crippen molar-refractivity contribution in [3.8, 4) is 0 Å². The molecule has 1 heteroatoms. The minimum atomic E-state index is 0.963. The average molecular weight is 181 g/mol. The highest BCUT2D eigenvalue weighted by Crippen LogP contribution is 2.33. The molecule has 13 heavy (non-hydrogen) atoms. The van der Waals surface area contributed by atoms with Crippen LogP contribution in [0.1, 0.15) is 58.3 Å². The molecule has 0 aromatic rings. The topological polar surface area (TPSA) is 3.24 Å². The van der Waals surface area contributed by atoms with Gasteiger partial charge in [-0.1, -0.05) is 26.2 Å². The zero-order valence-electron chi connectivity index (χ0n) is 8.97. The van der Waals surface area contributed by atoms with Crippen molar-refractivity contribution in [2.45, 2.75) is 70.4 Å². The fourth-order valence-corrected chi connectivity index (χ4v) is 3.11. The van der Waals surface area contributed by atoms with Crippen LogP contribution in [0.25, 0.3) is 0 Å². The van der Waals surface area contributed by atoms with Gasteiger partial charge in [-0.05, 0) is 38.6 Å². The lowest BCUT2D eigenvalue weighted by Gasteiger charge is -2.34. The first kappa shape index (κ1) is 9.51. The van der Waals surface area contributed by atoms with Crippen molar-refractivity contribution in [3.63, 3.8) is 0 Å². The summed E-state index contributed by atoms with van der Waals surface area (Å²) < 4.78 is 0. The maximum atomic E-state index is 2.82. The molecule has 0 spiro atoms. The van der Waals surface area contributed by atoms with E-state index in [1.54, 1.807) is 0 Å². The molecule has 0 radical (unpaired) electrons. The lowest BCUT2D eigenvalue weighted by Crippen LogP contribution is -2.39. The van der Waals surface area contributed by atoms with Crippen molar-refractivity contribution in [2.75, 3.05) is 6.54 Å². The molecule has 2 rings (SSSR count). The summed E-state index contributed by atoms with van der Waals surface area (Å²) in [6.45, 7) is 3.71. The molecule has 76 valence electrons. The van der Waals surface area contributed by atoms with E-state index in [2.05, 4.69) is 11.8 Å². The van der Waals surface area contributed by atoms with Gasteiger partial charge in [0.1, 0.15) is 0 Å². The van der Waals surface area contributed by atoms with Crippen LogP contribution in [0.15, 0.2) is 0 Å². The van der Waals surface area contributed by atoms with E-state index < -0.39 is 0 Å². The second kappa shape index (κ2) is 4.45. The summed E-state index contributed by atoms with van der Waals surface area (Å²) in [6, 6.07) is 1.95. The molecule has 2 heterocycles. The summed E-state index contributed by atoms with van der Waals surface area (Å²) in [4.78, 5) is 2.82. The molecule has 2 unspecified atom stereocenters. The van der Waals surface area contributed by atoms with Crippen LogP contribution in [0.2, 0.25) is 0 Å². The third kappa shape index (κ3) is 2.07. The normalized spacial score (nSPS) is 34.8. The lowest BCUT2D eigenvalue weighted by atomic mass is 10.0. The first-order chi connectivity index (χ1) is 6.42. The van der Waals surface area contributed by atoms with E-state index in [4.69, 9.17) is 0 Å². The minimum absolute atomic E-state index is 0.963. The van der Waals surface area contributed by atoms with E-state index in [0.717, 1.165) is 12.1 Å². The Labute approximate surface area is 82.5 Å². The summed E-state index contributed by atoms with van der Waals surface area (Å²) >= 11 is 0. The Bertz CT molecular complexity index is 155. The number of hydrogen-bond donors (Lipinski definition) is 0. The predicted octanol–water partition coefficient (Wildman–Crippen LogP) is 3.19. The standard InChI is InChI=1S/C12H23N/c1-2-3-6-11-8-9-12-7-4-5-10-13(11)12/h11-12H,2-10H2,1H3. The first-order valence-electron chi connectivity index (χ1n) is 6.17. The van der Waals surface area contributed by atoms with Crippen LogP contribution in [0.5, 0.6) is 0 Å². The van der Waals surface area contributed by atoms with Crippen LogP contribution < -0.4 is 0 Å². The zero-order chi connectivity index (χ0) is 9.10. The third-order valence-corrected chi connectivity index (χ3v) is 3.87. The SMILES string of the molecule is CCCCC1CCC2CCCCN12. The summed E-state index contributed by atoms with van der Waals surface area (Å²) in [5, 5.41) is 0. The third-order valence-electron chi connectivity index (χ3n) is 3.87. The highest BCUT2D eigenvalue weighted by atomic mass is 15.2. The van der Waals surface area contributed by atoms with E-state index in [-0.39, 0.29) is 0 Å². The molecule has 0 amide bonds.